The molecular formula is C10H14FN5O2. The summed E-state index contributed by atoms with van der Waals surface area (Å²) in [5, 5.41) is 2.66. The van der Waals surface area contributed by atoms with E-state index >= 15 is 0 Å². The third-order valence-electron chi connectivity index (χ3n) is 2.74. The van der Waals surface area contributed by atoms with Crippen molar-refractivity contribution in [1.82, 2.24) is 15.3 Å². The highest BCUT2D eigenvalue weighted by Crippen LogP contribution is 2.21. The number of anilines is 2. The molecule has 0 aromatic carbocycles. The van der Waals surface area contributed by atoms with E-state index in [0.717, 1.165) is 6.20 Å². The number of carbonyl (C=O) groups excluding carboxylic acids is 1. The van der Waals surface area contributed by atoms with E-state index in [-0.39, 0.29) is 17.8 Å². The van der Waals surface area contributed by atoms with Crippen LogP contribution < -0.4 is 16.0 Å². The van der Waals surface area contributed by atoms with Crippen LogP contribution >= 0.6 is 0 Å². The zero-order chi connectivity index (χ0) is 13.1. The third kappa shape index (κ3) is 2.58. The number of aromatic nitrogens is 2. The lowest BCUT2D eigenvalue weighted by Gasteiger charge is -2.18. The second-order valence-corrected chi connectivity index (χ2v) is 3.97. The van der Waals surface area contributed by atoms with E-state index in [1.54, 1.807) is 4.90 Å². The first-order chi connectivity index (χ1) is 8.60. The highest BCUT2D eigenvalue weighted by Gasteiger charge is 2.27. The van der Waals surface area contributed by atoms with E-state index in [1.165, 1.54) is 7.11 Å². The van der Waals surface area contributed by atoms with Crippen LogP contribution in [-0.4, -0.2) is 42.3 Å². The minimum atomic E-state index is -0.525. The number of nitrogens with zero attached hydrogens (tertiary/aromatic N) is 3. The van der Waals surface area contributed by atoms with Crippen LogP contribution in [0, 0.1) is 5.82 Å². The Balaban J connectivity index is 2.04. The van der Waals surface area contributed by atoms with Gasteiger partial charge < -0.3 is 20.7 Å². The van der Waals surface area contributed by atoms with E-state index in [0.29, 0.717) is 19.5 Å². The molecule has 0 saturated carbocycles. The normalized spacial score (nSPS) is 18.8. The SMILES string of the molecule is COC(=O)NC1CCN(c2nc(N)ncc2F)C1. The fraction of sp³-hybridized carbons (Fsp3) is 0.500. The lowest BCUT2D eigenvalue weighted by Crippen LogP contribution is -2.37. The minimum absolute atomic E-state index is 0.0239. The van der Waals surface area contributed by atoms with Crippen molar-refractivity contribution >= 4 is 17.9 Å². The summed E-state index contributed by atoms with van der Waals surface area (Å²) < 4.78 is 18.1. The maximum absolute atomic E-state index is 13.5. The number of hydrogen-bond donors (Lipinski definition) is 2. The van der Waals surface area contributed by atoms with Gasteiger partial charge in [-0.3, -0.25) is 0 Å². The molecule has 3 N–H and O–H groups in total. The first kappa shape index (κ1) is 12.3. The van der Waals surface area contributed by atoms with Gasteiger partial charge in [0.25, 0.3) is 0 Å². The number of hydrogen-bond acceptors (Lipinski definition) is 6. The van der Waals surface area contributed by atoms with Gasteiger partial charge in [0.1, 0.15) is 0 Å². The Morgan fingerprint density at radius 3 is 3.22 bits per heavy atom. The summed E-state index contributed by atoms with van der Waals surface area (Å²) in [4.78, 5) is 20.2. The van der Waals surface area contributed by atoms with Crippen LogP contribution in [0.1, 0.15) is 6.42 Å². The molecule has 7 nitrogen and oxygen atoms in total. The van der Waals surface area contributed by atoms with Crippen LogP contribution in [0.15, 0.2) is 6.20 Å². The number of rotatable bonds is 2. The van der Waals surface area contributed by atoms with E-state index in [1.807, 2.05) is 0 Å². The lowest BCUT2D eigenvalue weighted by molar-refractivity contribution is 0.167. The molecule has 98 valence electrons. The Kier molecular flexibility index (Phi) is 3.45. The Labute approximate surface area is 103 Å². The van der Waals surface area contributed by atoms with Crippen molar-refractivity contribution in [3.8, 4) is 0 Å². The molecule has 2 rings (SSSR count). The summed E-state index contributed by atoms with van der Waals surface area (Å²) in [5.74, 6) is -0.338. The maximum atomic E-state index is 13.5. The minimum Gasteiger partial charge on any atom is -0.453 e. The Morgan fingerprint density at radius 1 is 1.72 bits per heavy atom. The van der Waals surface area contributed by atoms with Gasteiger partial charge in [-0.25, -0.2) is 14.2 Å². The van der Waals surface area contributed by atoms with Gasteiger partial charge in [0.15, 0.2) is 11.6 Å². The molecule has 0 bridgehead atoms. The summed E-state index contributed by atoms with van der Waals surface area (Å²) in [6.45, 7) is 1.05. The van der Waals surface area contributed by atoms with Gasteiger partial charge in [0, 0.05) is 13.1 Å². The smallest absolute Gasteiger partial charge is 0.407 e. The van der Waals surface area contributed by atoms with Crippen LogP contribution in [0.4, 0.5) is 21.0 Å². The van der Waals surface area contributed by atoms with E-state index < -0.39 is 11.9 Å². The van der Waals surface area contributed by atoms with Crippen molar-refractivity contribution in [1.29, 1.82) is 0 Å². The molecule has 1 atom stereocenters. The number of ether oxygens (including phenoxy) is 1. The summed E-state index contributed by atoms with van der Waals surface area (Å²) in [5.41, 5.74) is 5.43. The fourth-order valence-electron chi connectivity index (χ4n) is 1.89. The molecule has 1 unspecified atom stereocenters. The van der Waals surface area contributed by atoms with Gasteiger partial charge in [-0.15, -0.1) is 0 Å². The summed E-state index contributed by atoms with van der Waals surface area (Å²) in [6, 6.07) is -0.0898. The summed E-state index contributed by atoms with van der Waals surface area (Å²) in [7, 11) is 1.30. The molecule has 1 aromatic heterocycles. The number of methoxy groups -OCH3 is 1. The predicted molar refractivity (Wildman–Crippen MR) is 62.6 cm³/mol. The van der Waals surface area contributed by atoms with Gasteiger partial charge in [0.2, 0.25) is 5.95 Å². The third-order valence-corrected chi connectivity index (χ3v) is 2.74. The van der Waals surface area contributed by atoms with Crippen LogP contribution in [0.25, 0.3) is 0 Å². The topological polar surface area (TPSA) is 93.4 Å². The van der Waals surface area contributed by atoms with E-state index in [9.17, 15) is 9.18 Å². The molecule has 0 spiro atoms. The largest absolute Gasteiger partial charge is 0.453 e. The van der Waals surface area contributed by atoms with Crippen LogP contribution in [0.2, 0.25) is 0 Å². The van der Waals surface area contributed by atoms with Gasteiger partial charge in [-0.05, 0) is 6.42 Å². The van der Waals surface area contributed by atoms with Crippen molar-refractivity contribution in [3.63, 3.8) is 0 Å². The van der Waals surface area contributed by atoms with Crippen molar-refractivity contribution < 1.29 is 13.9 Å². The maximum Gasteiger partial charge on any atom is 0.407 e. The van der Waals surface area contributed by atoms with Crippen molar-refractivity contribution in [2.75, 3.05) is 30.8 Å². The second-order valence-electron chi connectivity index (χ2n) is 3.97. The highest BCUT2D eigenvalue weighted by molar-refractivity contribution is 5.67. The summed E-state index contributed by atoms with van der Waals surface area (Å²) >= 11 is 0. The number of halogens is 1. The molecule has 1 aliphatic heterocycles. The first-order valence-corrected chi connectivity index (χ1v) is 5.47. The fourth-order valence-corrected chi connectivity index (χ4v) is 1.89. The Bertz CT molecular complexity index is 456. The monoisotopic (exact) mass is 255 g/mol. The molecule has 1 aliphatic rings. The molecule has 1 amide bonds. The molecule has 18 heavy (non-hydrogen) atoms. The molecule has 0 aliphatic carbocycles. The average Bonchev–Trinajstić information content (AvgIpc) is 2.80. The number of nitrogens with one attached hydrogen (secondary N) is 1. The zero-order valence-electron chi connectivity index (χ0n) is 9.89. The zero-order valence-corrected chi connectivity index (χ0v) is 9.89. The van der Waals surface area contributed by atoms with Crippen molar-refractivity contribution in [3.05, 3.63) is 12.0 Å². The van der Waals surface area contributed by atoms with Crippen LogP contribution in [0.3, 0.4) is 0 Å². The molecule has 2 heterocycles. The number of carbonyl (C=O) groups is 1. The molecule has 8 heteroatoms. The molecule has 0 radical (unpaired) electrons. The standard InChI is InChI=1S/C10H14FN5O2/c1-18-10(17)14-6-2-3-16(5-6)8-7(11)4-13-9(12)15-8/h4,6H,2-3,5H2,1H3,(H,14,17)(H2,12,13,15). The van der Waals surface area contributed by atoms with E-state index in [4.69, 9.17) is 5.73 Å². The molecular weight excluding hydrogens is 241 g/mol. The lowest BCUT2D eigenvalue weighted by atomic mass is 10.3. The van der Waals surface area contributed by atoms with Crippen molar-refractivity contribution in [2.45, 2.75) is 12.5 Å². The first-order valence-electron chi connectivity index (χ1n) is 5.47. The summed E-state index contributed by atoms with van der Waals surface area (Å²) in [6.07, 6.45) is 1.24. The quantitative estimate of drug-likeness (QED) is 0.780. The number of nitrogen functional groups attached to an aromatic ring is 1. The second kappa shape index (κ2) is 5.03. The highest BCUT2D eigenvalue weighted by atomic mass is 19.1. The van der Waals surface area contributed by atoms with E-state index in [2.05, 4.69) is 20.0 Å². The van der Waals surface area contributed by atoms with Gasteiger partial charge >= 0.3 is 6.09 Å². The van der Waals surface area contributed by atoms with Gasteiger partial charge in [-0.2, -0.15) is 4.98 Å². The average molecular weight is 255 g/mol. The Hall–Kier alpha value is -2.12. The molecule has 1 fully saturated rings. The molecule has 1 saturated heterocycles. The molecule has 1 aromatic rings. The number of nitrogens with two attached hydrogens (primary N) is 1. The predicted octanol–water partition coefficient (Wildman–Crippen LogP) is 0.133. The van der Waals surface area contributed by atoms with Gasteiger partial charge in [-0.1, -0.05) is 0 Å². The van der Waals surface area contributed by atoms with Gasteiger partial charge in [0.05, 0.1) is 19.3 Å². The Morgan fingerprint density at radius 2 is 2.50 bits per heavy atom. The number of alkyl carbamates (subject to hydrolysis) is 1. The van der Waals surface area contributed by atoms with Crippen LogP contribution in [-0.2, 0) is 4.74 Å². The van der Waals surface area contributed by atoms with Crippen molar-refractivity contribution in [2.24, 2.45) is 0 Å². The number of amides is 1. The van der Waals surface area contributed by atoms with Crippen LogP contribution in [0.5, 0.6) is 0 Å².